The predicted molar refractivity (Wildman–Crippen MR) is 64.8 cm³/mol. The second-order valence-corrected chi connectivity index (χ2v) is 3.97. The van der Waals surface area contributed by atoms with Gasteiger partial charge < -0.3 is 20.3 Å². The van der Waals surface area contributed by atoms with Gasteiger partial charge in [0, 0.05) is 12.6 Å². The Morgan fingerprint density at radius 3 is 2.59 bits per heavy atom. The molecule has 0 unspecified atom stereocenters. The Bertz CT molecular complexity index is 332. The van der Waals surface area contributed by atoms with E-state index in [1.807, 2.05) is 19.1 Å². The van der Waals surface area contributed by atoms with Crippen molar-refractivity contribution in [3.8, 4) is 5.88 Å². The molecule has 1 rings (SSSR count). The van der Waals surface area contributed by atoms with Gasteiger partial charge in [-0.15, -0.1) is 0 Å². The zero-order chi connectivity index (χ0) is 12.7. The summed E-state index contributed by atoms with van der Waals surface area (Å²) in [5.74, 6) is 0.555. The van der Waals surface area contributed by atoms with Gasteiger partial charge in [0.25, 0.3) is 0 Å². The fraction of sp³-hybridized carbons (Fsp3) is 0.583. The highest BCUT2D eigenvalue weighted by Crippen LogP contribution is 2.11. The zero-order valence-electron chi connectivity index (χ0n) is 10.3. The highest BCUT2D eigenvalue weighted by Gasteiger charge is 2.25. The molecule has 0 aliphatic carbocycles. The molecule has 0 aromatic carbocycles. The van der Waals surface area contributed by atoms with Gasteiger partial charge in [0.2, 0.25) is 5.88 Å². The van der Waals surface area contributed by atoms with E-state index in [1.54, 1.807) is 13.2 Å². The summed E-state index contributed by atoms with van der Waals surface area (Å²) < 4.78 is 5.03. The Morgan fingerprint density at radius 2 is 2.06 bits per heavy atom. The average Bonchev–Trinajstić information content (AvgIpc) is 2.41. The number of pyridine rings is 1. The van der Waals surface area contributed by atoms with Gasteiger partial charge in [-0.3, -0.25) is 0 Å². The number of aliphatic hydroxyl groups excluding tert-OH is 2. The van der Waals surface area contributed by atoms with E-state index in [0.29, 0.717) is 18.8 Å². The molecule has 5 heteroatoms. The Morgan fingerprint density at radius 1 is 1.35 bits per heavy atom. The molecule has 1 aromatic rings. The van der Waals surface area contributed by atoms with E-state index in [-0.39, 0.29) is 13.2 Å². The molecule has 0 atom stereocenters. The normalized spacial score (nSPS) is 11.5. The summed E-state index contributed by atoms with van der Waals surface area (Å²) in [4.78, 5) is 4.25. The molecule has 0 aliphatic heterocycles. The number of hydrogen-bond donors (Lipinski definition) is 3. The lowest BCUT2D eigenvalue weighted by Crippen LogP contribution is -2.50. The van der Waals surface area contributed by atoms with Crippen LogP contribution < -0.4 is 10.1 Å². The number of hydrogen-bond acceptors (Lipinski definition) is 5. The molecule has 0 bridgehead atoms. The molecule has 5 nitrogen and oxygen atoms in total. The van der Waals surface area contributed by atoms with Crippen LogP contribution in [0, 0.1) is 0 Å². The first kappa shape index (κ1) is 13.9. The Hall–Kier alpha value is -1.17. The Balaban J connectivity index is 2.65. The number of aromatic nitrogens is 1. The second kappa shape index (κ2) is 6.54. The van der Waals surface area contributed by atoms with Crippen molar-refractivity contribution in [2.75, 3.05) is 20.3 Å². The summed E-state index contributed by atoms with van der Waals surface area (Å²) in [5.41, 5.74) is 0.161. The van der Waals surface area contributed by atoms with Crippen LogP contribution in [0.25, 0.3) is 0 Å². The molecular weight excluding hydrogens is 220 g/mol. The van der Waals surface area contributed by atoms with Crippen molar-refractivity contribution in [2.24, 2.45) is 0 Å². The highest BCUT2D eigenvalue weighted by atomic mass is 16.5. The maximum Gasteiger partial charge on any atom is 0.213 e. The van der Waals surface area contributed by atoms with Crippen LogP contribution in [0.15, 0.2) is 18.2 Å². The second-order valence-electron chi connectivity index (χ2n) is 3.97. The lowest BCUT2D eigenvalue weighted by Gasteiger charge is -2.29. The van der Waals surface area contributed by atoms with E-state index in [2.05, 4.69) is 10.3 Å². The maximum absolute atomic E-state index is 9.29. The number of rotatable bonds is 7. The number of aliphatic hydroxyl groups is 2. The third-order valence-electron chi connectivity index (χ3n) is 2.92. The van der Waals surface area contributed by atoms with Gasteiger partial charge in [0.15, 0.2) is 0 Å². The number of ether oxygens (including phenoxy) is 1. The van der Waals surface area contributed by atoms with Crippen molar-refractivity contribution in [3.05, 3.63) is 23.9 Å². The maximum atomic E-state index is 9.29. The fourth-order valence-corrected chi connectivity index (χ4v) is 1.46. The van der Waals surface area contributed by atoms with E-state index in [0.717, 1.165) is 5.69 Å². The lowest BCUT2D eigenvalue weighted by atomic mass is 9.98. The first-order valence-corrected chi connectivity index (χ1v) is 5.66. The van der Waals surface area contributed by atoms with E-state index < -0.39 is 5.54 Å². The van der Waals surface area contributed by atoms with Crippen molar-refractivity contribution >= 4 is 0 Å². The molecule has 3 N–H and O–H groups in total. The minimum atomic E-state index is -0.648. The van der Waals surface area contributed by atoms with Crippen LogP contribution in [0.4, 0.5) is 0 Å². The average molecular weight is 240 g/mol. The molecule has 17 heavy (non-hydrogen) atoms. The summed E-state index contributed by atoms with van der Waals surface area (Å²) in [5, 5.41) is 21.7. The van der Waals surface area contributed by atoms with E-state index in [1.165, 1.54) is 0 Å². The number of nitrogens with one attached hydrogen (secondary N) is 1. The molecular formula is C12H20N2O3. The van der Waals surface area contributed by atoms with Gasteiger partial charge in [0.05, 0.1) is 31.6 Å². The summed E-state index contributed by atoms with van der Waals surface area (Å²) in [6, 6.07) is 5.49. The number of nitrogens with zero attached hydrogens (tertiary/aromatic N) is 1. The smallest absolute Gasteiger partial charge is 0.213 e. The van der Waals surface area contributed by atoms with Crippen LogP contribution in [0.2, 0.25) is 0 Å². The molecule has 96 valence electrons. The molecule has 1 heterocycles. The van der Waals surface area contributed by atoms with Crippen LogP contribution in [0.5, 0.6) is 5.88 Å². The first-order valence-electron chi connectivity index (χ1n) is 5.66. The van der Waals surface area contributed by atoms with Crippen LogP contribution in [-0.2, 0) is 6.54 Å². The Labute approximate surface area is 101 Å². The van der Waals surface area contributed by atoms with Crippen LogP contribution in [0.1, 0.15) is 19.0 Å². The van der Waals surface area contributed by atoms with Crippen LogP contribution in [-0.4, -0.2) is 41.1 Å². The predicted octanol–water partition coefficient (Wildman–Crippen LogP) is 0.313. The van der Waals surface area contributed by atoms with Gasteiger partial charge in [-0.2, -0.15) is 0 Å². The fourth-order valence-electron chi connectivity index (χ4n) is 1.46. The molecule has 0 aliphatic rings. The lowest BCUT2D eigenvalue weighted by molar-refractivity contribution is 0.0861. The van der Waals surface area contributed by atoms with E-state index in [9.17, 15) is 10.2 Å². The molecule has 0 saturated carbocycles. The third-order valence-corrected chi connectivity index (χ3v) is 2.92. The highest BCUT2D eigenvalue weighted by molar-refractivity contribution is 5.15. The molecule has 0 spiro atoms. The summed E-state index contributed by atoms with van der Waals surface area (Å²) in [6.45, 7) is 2.18. The van der Waals surface area contributed by atoms with Gasteiger partial charge in [-0.25, -0.2) is 4.98 Å². The van der Waals surface area contributed by atoms with Crippen molar-refractivity contribution in [3.63, 3.8) is 0 Å². The van der Waals surface area contributed by atoms with E-state index in [4.69, 9.17) is 4.74 Å². The van der Waals surface area contributed by atoms with Gasteiger partial charge in [-0.1, -0.05) is 13.0 Å². The largest absolute Gasteiger partial charge is 0.481 e. The topological polar surface area (TPSA) is 74.6 Å². The van der Waals surface area contributed by atoms with Crippen molar-refractivity contribution < 1.29 is 14.9 Å². The molecule has 1 aromatic heterocycles. The Kier molecular flexibility index (Phi) is 5.34. The van der Waals surface area contributed by atoms with Crippen molar-refractivity contribution in [1.29, 1.82) is 0 Å². The third kappa shape index (κ3) is 3.66. The standard InChI is InChI=1S/C12H20N2O3/c1-3-12(8-15,9-16)13-7-10-5-4-6-11(14-10)17-2/h4-6,13,15-16H,3,7-9H2,1-2H3. The van der Waals surface area contributed by atoms with Gasteiger partial charge in [-0.05, 0) is 12.5 Å². The monoisotopic (exact) mass is 240 g/mol. The quantitative estimate of drug-likeness (QED) is 0.640. The molecule has 0 saturated heterocycles. The van der Waals surface area contributed by atoms with Crippen molar-refractivity contribution in [1.82, 2.24) is 10.3 Å². The minimum Gasteiger partial charge on any atom is -0.481 e. The summed E-state index contributed by atoms with van der Waals surface area (Å²) >= 11 is 0. The molecule has 0 radical (unpaired) electrons. The zero-order valence-corrected chi connectivity index (χ0v) is 10.3. The summed E-state index contributed by atoms with van der Waals surface area (Å²) in [7, 11) is 1.57. The van der Waals surface area contributed by atoms with E-state index >= 15 is 0 Å². The van der Waals surface area contributed by atoms with Crippen LogP contribution in [0.3, 0.4) is 0 Å². The molecule has 0 amide bonds. The van der Waals surface area contributed by atoms with Gasteiger partial charge in [0.1, 0.15) is 0 Å². The van der Waals surface area contributed by atoms with Gasteiger partial charge >= 0.3 is 0 Å². The molecule has 0 fully saturated rings. The van der Waals surface area contributed by atoms with Crippen LogP contribution >= 0.6 is 0 Å². The minimum absolute atomic E-state index is 0.107. The first-order chi connectivity index (χ1) is 8.19. The summed E-state index contributed by atoms with van der Waals surface area (Å²) in [6.07, 6.45) is 0.643. The number of methoxy groups -OCH3 is 1. The SMILES string of the molecule is CCC(CO)(CO)NCc1cccc(OC)n1. The van der Waals surface area contributed by atoms with Crippen molar-refractivity contribution in [2.45, 2.75) is 25.4 Å².